The van der Waals surface area contributed by atoms with Crippen molar-refractivity contribution in [1.82, 2.24) is 14.2 Å². The maximum Gasteiger partial charge on any atom is 0.326 e. The highest BCUT2D eigenvalue weighted by Crippen LogP contribution is 2.39. The van der Waals surface area contributed by atoms with Crippen molar-refractivity contribution in [2.45, 2.75) is 53.2 Å². The molecule has 5 rings (SSSR count). The van der Waals surface area contributed by atoms with Gasteiger partial charge in [0.25, 0.3) is 5.56 Å². The van der Waals surface area contributed by atoms with E-state index in [1.807, 2.05) is 99.1 Å². The number of aromatic nitrogens is 3. The van der Waals surface area contributed by atoms with Gasteiger partial charge in [0, 0.05) is 28.1 Å². The largest absolute Gasteiger partial charge is 0.459 e. The first-order valence-electron chi connectivity index (χ1n) is 13.4. The summed E-state index contributed by atoms with van der Waals surface area (Å²) in [6.45, 7) is 9.95. The van der Waals surface area contributed by atoms with Gasteiger partial charge >= 0.3 is 5.97 Å². The van der Waals surface area contributed by atoms with E-state index in [1.54, 1.807) is 0 Å². The Morgan fingerprint density at radius 2 is 1.75 bits per heavy atom. The van der Waals surface area contributed by atoms with Gasteiger partial charge in [0.15, 0.2) is 0 Å². The molecular weight excluding hydrogens is 524 g/mol. The highest BCUT2D eigenvalue weighted by atomic mass is 35.5. The number of fused-ring (bicyclic) bond motifs is 2. The number of halogens is 1. The molecule has 0 spiro atoms. The van der Waals surface area contributed by atoms with Crippen LogP contribution in [0.4, 0.5) is 0 Å². The zero-order valence-electron chi connectivity index (χ0n) is 23.4. The lowest BCUT2D eigenvalue weighted by Crippen LogP contribution is -2.32. The van der Waals surface area contributed by atoms with E-state index in [-0.39, 0.29) is 17.8 Å². The van der Waals surface area contributed by atoms with E-state index >= 15 is 0 Å². The van der Waals surface area contributed by atoms with Crippen molar-refractivity contribution in [2.75, 3.05) is 12.0 Å². The highest BCUT2D eigenvalue weighted by molar-refractivity contribution is 6.30. The van der Waals surface area contributed by atoms with E-state index in [4.69, 9.17) is 21.3 Å². The number of aryl methyl sites for hydroxylation is 1. The molecule has 206 valence electrons. The second-order valence-electron chi connectivity index (χ2n) is 10.9. The summed E-state index contributed by atoms with van der Waals surface area (Å²) >= 11 is 6.25. The van der Waals surface area contributed by atoms with Gasteiger partial charge in [-0.05, 0) is 63.9 Å². The highest BCUT2D eigenvalue weighted by Gasteiger charge is 2.26. The minimum absolute atomic E-state index is 0.226. The third-order valence-corrected chi connectivity index (χ3v) is 6.87. The van der Waals surface area contributed by atoms with Crippen LogP contribution in [0.25, 0.3) is 44.5 Å². The zero-order chi connectivity index (χ0) is 28.6. The Morgan fingerprint density at radius 3 is 2.45 bits per heavy atom. The fourth-order valence-corrected chi connectivity index (χ4v) is 5.17. The second-order valence-corrected chi connectivity index (χ2v) is 11.3. The zero-order valence-corrected chi connectivity index (χ0v) is 24.2. The number of nitrogens with one attached hydrogen (secondary N) is 1. The van der Waals surface area contributed by atoms with Crippen LogP contribution in [0.3, 0.4) is 0 Å². The van der Waals surface area contributed by atoms with E-state index in [2.05, 4.69) is 12.3 Å². The van der Waals surface area contributed by atoms with Gasteiger partial charge in [0.1, 0.15) is 17.8 Å². The SMILES string of the molecule is CCCNn1c(-c2ccc(Cl)cc2)c(-c2nc3cccc(C)c3n(CC(=O)OC(C)(C)C)c2=O)c2ccccc21. The maximum absolute atomic E-state index is 14.4. The van der Waals surface area contributed by atoms with E-state index in [0.29, 0.717) is 21.6 Å². The molecule has 0 saturated heterocycles. The topological polar surface area (TPSA) is 78.2 Å². The molecule has 7 nitrogen and oxygen atoms in total. The quantitative estimate of drug-likeness (QED) is 0.220. The van der Waals surface area contributed by atoms with Gasteiger partial charge in [-0.2, -0.15) is 0 Å². The molecule has 1 N–H and O–H groups in total. The molecule has 0 amide bonds. The van der Waals surface area contributed by atoms with Gasteiger partial charge in [-0.15, -0.1) is 0 Å². The molecule has 40 heavy (non-hydrogen) atoms. The lowest BCUT2D eigenvalue weighted by Gasteiger charge is -2.21. The summed E-state index contributed by atoms with van der Waals surface area (Å²) < 4.78 is 9.13. The average molecular weight is 557 g/mol. The Labute approximate surface area is 238 Å². The van der Waals surface area contributed by atoms with Gasteiger partial charge in [-0.1, -0.05) is 61.0 Å². The molecule has 5 aromatic rings. The first kappa shape index (κ1) is 27.5. The summed E-state index contributed by atoms with van der Waals surface area (Å²) in [5.41, 5.74) is 8.11. The van der Waals surface area contributed by atoms with Crippen LogP contribution < -0.4 is 11.0 Å². The second kappa shape index (κ2) is 10.8. The van der Waals surface area contributed by atoms with Crippen molar-refractivity contribution < 1.29 is 9.53 Å². The standard InChI is InChI=1S/C32H33ClN4O3/c1-6-18-34-37-25-13-8-7-11-23(25)27(30(37)21-14-16-22(33)17-15-21)28-31(39)36(19-26(38)40-32(3,4)5)29-20(2)10-9-12-24(29)35-28/h7-17,34H,6,18-19H2,1-5H3. The average Bonchev–Trinajstić information content (AvgIpc) is 3.22. The lowest BCUT2D eigenvalue weighted by molar-refractivity contribution is -0.155. The number of nitrogens with zero attached hydrogens (tertiary/aromatic N) is 3. The first-order valence-corrected chi connectivity index (χ1v) is 13.8. The molecule has 0 fully saturated rings. The van der Waals surface area contributed by atoms with Crippen LogP contribution in [-0.4, -0.2) is 32.3 Å². The summed E-state index contributed by atoms with van der Waals surface area (Å²) in [6, 6.07) is 21.2. The molecule has 0 radical (unpaired) electrons. The monoisotopic (exact) mass is 556 g/mol. The summed E-state index contributed by atoms with van der Waals surface area (Å²) in [4.78, 5) is 32.3. The van der Waals surface area contributed by atoms with Crippen molar-refractivity contribution in [1.29, 1.82) is 0 Å². The predicted octanol–water partition coefficient (Wildman–Crippen LogP) is 6.94. The molecule has 0 atom stereocenters. The fourth-order valence-electron chi connectivity index (χ4n) is 5.05. The molecule has 0 unspecified atom stereocenters. The van der Waals surface area contributed by atoms with Crippen LogP contribution in [-0.2, 0) is 16.1 Å². The molecule has 2 heterocycles. The molecule has 3 aromatic carbocycles. The molecule has 0 aliphatic rings. The number of esters is 1. The predicted molar refractivity (Wildman–Crippen MR) is 162 cm³/mol. The number of carbonyl (C=O) groups is 1. The van der Waals surface area contributed by atoms with Crippen molar-refractivity contribution >= 4 is 39.5 Å². The Bertz CT molecular complexity index is 1780. The van der Waals surface area contributed by atoms with E-state index in [9.17, 15) is 9.59 Å². The number of hydrogen-bond acceptors (Lipinski definition) is 5. The number of benzene rings is 3. The third-order valence-electron chi connectivity index (χ3n) is 6.62. The molecule has 2 aromatic heterocycles. The lowest BCUT2D eigenvalue weighted by atomic mass is 10.0. The van der Waals surface area contributed by atoms with Crippen molar-refractivity contribution in [3.05, 3.63) is 87.7 Å². The molecule has 0 saturated carbocycles. The molecule has 0 aliphatic carbocycles. The summed E-state index contributed by atoms with van der Waals surface area (Å²) in [5, 5.41) is 1.49. The number of para-hydroxylation sites is 2. The minimum atomic E-state index is -0.679. The molecule has 8 heteroatoms. The maximum atomic E-state index is 14.4. The van der Waals surface area contributed by atoms with Crippen LogP contribution >= 0.6 is 11.6 Å². The normalized spacial score (nSPS) is 11.8. The van der Waals surface area contributed by atoms with Crippen molar-refractivity contribution in [2.24, 2.45) is 0 Å². The van der Waals surface area contributed by atoms with E-state index in [1.165, 1.54) is 4.57 Å². The van der Waals surface area contributed by atoms with Crippen molar-refractivity contribution in [3.63, 3.8) is 0 Å². The summed E-state index contributed by atoms with van der Waals surface area (Å²) in [6.07, 6.45) is 0.915. The van der Waals surface area contributed by atoms with Gasteiger partial charge in [-0.25, -0.2) is 4.98 Å². The summed E-state index contributed by atoms with van der Waals surface area (Å²) in [7, 11) is 0. The summed E-state index contributed by atoms with van der Waals surface area (Å²) in [5.74, 6) is -0.485. The van der Waals surface area contributed by atoms with Crippen LogP contribution in [0.5, 0.6) is 0 Å². The minimum Gasteiger partial charge on any atom is -0.459 e. The number of carbonyl (C=O) groups excluding carboxylic acids is 1. The molecule has 0 aliphatic heterocycles. The van der Waals surface area contributed by atoms with E-state index < -0.39 is 11.6 Å². The Hall–Kier alpha value is -4.10. The van der Waals surface area contributed by atoms with Crippen LogP contribution in [0, 0.1) is 6.92 Å². The number of ether oxygens (including phenoxy) is 1. The van der Waals surface area contributed by atoms with Crippen LogP contribution in [0.15, 0.2) is 71.5 Å². The molecular formula is C32H33ClN4O3. The van der Waals surface area contributed by atoms with Crippen LogP contribution in [0.1, 0.15) is 39.7 Å². The van der Waals surface area contributed by atoms with Crippen molar-refractivity contribution in [3.8, 4) is 22.5 Å². The van der Waals surface area contributed by atoms with Gasteiger partial charge in [0.2, 0.25) is 0 Å². The fraction of sp³-hybridized carbons (Fsp3) is 0.281. The Morgan fingerprint density at radius 1 is 1.02 bits per heavy atom. The number of rotatable bonds is 7. The Balaban J connectivity index is 1.86. The third kappa shape index (κ3) is 5.21. The number of hydrogen-bond donors (Lipinski definition) is 1. The van der Waals surface area contributed by atoms with E-state index in [0.717, 1.165) is 40.7 Å². The smallest absolute Gasteiger partial charge is 0.326 e. The Kier molecular flexibility index (Phi) is 7.43. The van der Waals surface area contributed by atoms with Crippen LogP contribution in [0.2, 0.25) is 5.02 Å². The van der Waals surface area contributed by atoms with Gasteiger partial charge < -0.3 is 10.2 Å². The van der Waals surface area contributed by atoms with Gasteiger partial charge in [-0.3, -0.25) is 18.8 Å². The first-order chi connectivity index (χ1) is 19.1. The molecule has 0 bridgehead atoms. The van der Waals surface area contributed by atoms with Gasteiger partial charge in [0.05, 0.1) is 22.2 Å².